The van der Waals surface area contributed by atoms with Crippen LogP contribution in [0.4, 0.5) is 11.5 Å². The molecule has 0 amide bonds. The van der Waals surface area contributed by atoms with Gasteiger partial charge in [-0.1, -0.05) is 0 Å². The zero-order valence-corrected chi connectivity index (χ0v) is 12.4. The standard InChI is InChI=1S/C11H19N5O3S/c1-19-11-9(12)10(13-7-14-11)15-8-3-5-16(6-4-8)20(2,17)18/h7-8H,3-6,12H2,1-2H3,(H,13,14,15). The molecule has 0 unspecified atom stereocenters. The third kappa shape index (κ3) is 3.28. The highest BCUT2D eigenvalue weighted by Crippen LogP contribution is 2.26. The van der Waals surface area contributed by atoms with Gasteiger partial charge in [0, 0.05) is 19.1 Å². The summed E-state index contributed by atoms with van der Waals surface area (Å²) in [5.74, 6) is 0.853. The van der Waals surface area contributed by atoms with Crippen molar-refractivity contribution >= 4 is 21.5 Å². The second-order valence-electron chi connectivity index (χ2n) is 4.73. The minimum Gasteiger partial charge on any atom is -0.479 e. The summed E-state index contributed by atoms with van der Waals surface area (Å²) >= 11 is 0. The summed E-state index contributed by atoms with van der Waals surface area (Å²) in [5, 5.41) is 3.22. The molecule has 2 heterocycles. The summed E-state index contributed by atoms with van der Waals surface area (Å²) in [6.07, 6.45) is 4.02. The van der Waals surface area contributed by atoms with Crippen LogP contribution >= 0.6 is 0 Å². The number of aromatic nitrogens is 2. The zero-order chi connectivity index (χ0) is 14.8. The first-order valence-corrected chi connectivity index (χ1v) is 8.12. The van der Waals surface area contributed by atoms with E-state index in [9.17, 15) is 8.42 Å². The van der Waals surface area contributed by atoms with Crippen LogP contribution in [0, 0.1) is 0 Å². The minimum absolute atomic E-state index is 0.134. The Morgan fingerprint density at radius 3 is 2.60 bits per heavy atom. The zero-order valence-electron chi connectivity index (χ0n) is 11.5. The van der Waals surface area contributed by atoms with Gasteiger partial charge in [-0.25, -0.2) is 17.7 Å². The SMILES string of the molecule is COc1ncnc(NC2CCN(S(C)(=O)=O)CC2)c1N. The molecule has 0 aromatic carbocycles. The molecule has 0 bridgehead atoms. The highest BCUT2D eigenvalue weighted by atomic mass is 32.2. The van der Waals surface area contributed by atoms with E-state index in [0.717, 1.165) is 0 Å². The molecule has 1 aromatic rings. The monoisotopic (exact) mass is 301 g/mol. The lowest BCUT2D eigenvalue weighted by Gasteiger charge is -2.31. The van der Waals surface area contributed by atoms with E-state index in [0.29, 0.717) is 43.3 Å². The quantitative estimate of drug-likeness (QED) is 0.799. The first-order valence-electron chi connectivity index (χ1n) is 6.28. The number of methoxy groups -OCH3 is 1. The van der Waals surface area contributed by atoms with E-state index in [1.54, 1.807) is 0 Å². The van der Waals surface area contributed by atoms with Gasteiger partial charge in [0.2, 0.25) is 15.9 Å². The highest BCUT2D eigenvalue weighted by Gasteiger charge is 2.25. The summed E-state index contributed by atoms with van der Waals surface area (Å²) in [6, 6.07) is 0.134. The summed E-state index contributed by atoms with van der Waals surface area (Å²) in [7, 11) is -1.61. The van der Waals surface area contributed by atoms with E-state index in [1.807, 2.05) is 0 Å². The number of ether oxygens (including phenoxy) is 1. The molecule has 1 saturated heterocycles. The Morgan fingerprint density at radius 1 is 1.40 bits per heavy atom. The number of nitrogens with two attached hydrogens (primary N) is 1. The molecule has 2 rings (SSSR count). The van der Waals surface area contributed by atoms with Gasteiger partial charge < -0.3 is 15.8 Å². The fourth-order valence-electron chi connectivity index (χ4n) is 2.18. The van der Waals surface area contributed by atoms with Gasteiger partial charge in [-0.2, -0.15) is 4.98 Å². The van der Waals surface area contributed by atoms with Crippen LogP contribution in [0.25, 0.3) is 0 Å². The van der Waals surface area contributed by atoms with Crippen molar-refractivity contribution in [3.05, 3.63) is 6.33 Å². The maximum atomic E-state index is 11.4. The number of piperidine rings is 1. The van der Waals surface area contributed by atoms with Crippen LogP contribution in [-0.2, 0) is 10.0 Å². The number of nitrogens with one attached hydrogen (secondary N) is 1. The van der Waals surface area contributed by atoms with Gasteiger partial charge in [-0.15, -0.1) is 0 Å². The maximum absolute atomic E-state index is 11.4. The topological polar surface area (TPSA) is 110 Å². The van der Waals surface area contributed by atoms with Crippen molar-refractivity contribution in [1.29, 1.82) is 0 Å². The van der Waals surface area contributed by atoms with Crippen molar-refractivity contribution in [3.8, 4) is 5.88 Å². The number of sulfonamides is 1. The largest absolute Gasteiger partial charge is 0.479 e. The van der Waals surface area contributed by atoms with Crippen LogP contribution < -0.4 is 15.8 Å². The first kappa shape index (κ1) is 14.8. The molecule has 0 spiro atoms. The van der Waals surface area contributed by atoms with Gasteiger partial charge in [0.05, 0.1) is 13.4 Å². The van der Waals surface area contributed by atoms with E-state index in [1.165, 1.54) is 24.0 Å². The fraction of sp³-hybridized carbons (Fsp3) is 0.636. The van der Waals surface area contributed by atoms with Gasteiger partial charge in [-0.3, -0.25) is 0 Å². The predicted octanol–water partition coefficient (Wildman–Crippen LogP) is -0.0967. The third-order valence-corrected chi connectivity index (χ3v) is 4.61. The smallest absolute Gasteiger partial charge is 0.242 e. The molecule has 1 aromatic heterocycles. The summed E-state index contributed by atoms with van der Waals surface area (Å²) in [6.45, 7) is 0.997. The molecule has 0 atom stereocenters. The van der Waals surface area contributed by atoms with Gasteiger partial charge >= 0.3 is 0 Å². The lowest BCUT2D eigenvalue weighted by Crippen LogP contribution is -2.42. The second-order valence-corrected chi connectivity index (χ2v) is 6.71. The summed E-state index contributed by atoms with van der Waals surface area (Å²) in [4.78, 5) is 8.00. The maximum Gasteiger partial charge on any atom is 0.242 e. The number of nitrogen functional groups attached to an aromatic ring is 1. The van der Waals surface area contributed by atoms with Crippen LogP contribution in [0.1, 0.15) is 12.8 Å². The Balaban J connectivity index is 2.00. The van der Waals surface area contributed by atoms with E-state index in [2.05, 4.69) is 15.3 Å². The van der Waals surface area contributed by atoms with Crippen molar-refractivity contribution < 1.29 is 13.2 Å². The molecule has 3 N–H and O–H groups in total. The molecule has 0 aliphatic carbocycles. The van der Waals surface area contributed by atoms with Crippen LogP contribution in [0.3, 0.4) is 0 Å². The van der Waals surface area contributed by atoms with Crippen LogP contribution in [0.5, 0.6) is 5.88 Å². The lowest BCUT2D eigenvalue weighted by atomic mass is 10.1. The van der Waals surface area contributed by atoms with E-state index in [-0.39, 0.29) is 6.04 Å². The van der Waals surface area contributed by atoms with E-state index < -0.39 is 10.0 Å². The van der Waals surface area contributed by atoms with Crippen molar-refractivity contribution in [1.82, 2.24) is 14.3 Å². The Hall–Kier alpha value is -1.61. The first-order chi connectivity index (χ1) is 9.41. The van der Waals surface area contributed by atoms with Crippen molar-refractivity contribution in [3.63, 3.8) is 0 Å². The Bertz CT molecular complexity index is 569. The number of hydrogen-bond donors (Lipinski definition) is 2. The summed E-state index contributed by atoms with van der Waals surface area (Å²) < 4.78 is 29.4. The molecule has 112 valence electrons. The molecule has 8 nitrogen and oxygen atoms in total. The molecule has 0 saturated carbocycles. The number of anilines is 2. The molecular weight excluding hydrogens is 282 g/mol. The van der Waals surface area contributed by atoms with Crippen molar-refractivity contribution in [2.24, 2.45) is 0 Å². The van der Waals surface area contributed by atoms with Crippen LogP contribution in [-0.4, -0.2) is 55.2 Å². The lowest BCUT2D eigenvalue weighted by molar-refractivity contribution is 0.331. The molecule has 1 fully saturated rings. The minimum atomic E-state index is -3.11. The van der Waals surface area contributed by atoms with Gasteiger partial charge in [0.25, 0.3) is 0 Å². The van der Waals surface area contributed by atoms with E-state index >= 15 is 0 Å². The average Bonchev–Trinajstić information content (AvgIpc) is 2.41. The number of hydrogen-bond acceptors (Lipinski definition) is 7. The van der Waals surface area contributed by atoms with Gasteiger partial charge in [0.15, 0.2) is 5.82 Å². The second kappa shape index (κ2) is 5.80. The number of rotatable bonds is 4. The van der Waals surface area contributed by atoms with E-state index in [4.69, 9.17) is 10.5 Å². The van der Waals surface area contributed by atoms with Crippen molar-refractivity contribution in [2.75, 3.05) is 37.5 Å². The molecule has 1 aliphatic heterocycles. The Morgan fingerprint density at radius 2 is 2.05 bits per heavy atom. The predicted molar refractivity (Wildman–Crippen MR) is 76.1 cm³/mol. The molecule has 0 radical (unpaired) electrons. The molecule has 9 heteroatoms. The number of nitrogens with zero attached hydrogens (tertiary/aromatic N) is 3. The van der Waals surface area contributed by atoms with Crippen molar-refractivity contribution in [2.45, 2.75) is 18.9 Å². The van der Waals surface area contributed by atoms with Crippen LogP contribution in [0.15, 0.2) is 6.33 Å². The highest BCUT2D eigenvalue weighted by molar-refractivity contribution is 7.88. The van der Waals surface area contributed by atoms with Gasteiger partial charge in [-0.05, 0) is 12.8 Å². The third-order valence-electron chi connectivity index (χ3n) is 3.30. The molecular formula is C11H19N5O3S. The van der Waals surface area contributed by atoms with Crippen LogP contribution in [0.2, 0.25) is 0 Å². The average molecular weight is 301 g/mol. The molecule has 1 aliphatic rings. The van der Waals surface area contributed by atoms with Gasteiger partial charge in [0.1, 0.15) is 12.0 Å². The normalized spacial score (nSPS) is 17.9. The Kier molecular flexibility index (Phi) is 4.29. The molecule has 20 heavy (non-hydrogen) atoms. The fourth-order valence-corrected chi connectivity index (χ4v) is 3.06. The Labute approximate surface area is 118 Å². The summed E-state index contributed by atoms with van der Waals surface area (Å²) in [5.41, 5.74) is 6.25.